The number of benzene rings is 2. The van der Waals surface area contributed by atoms with Gasteiger partial charge >= 0.3 is 0 Å². The average Bonchev–Trinajstić information content (AvgIpc) is 3.32. The molecular weight excluding hydrogens is 426 g/mol. The minimum absolute atomic E-state index is 0.208. The van der Waals surface area contributed by atoms with Crippen molar-refractivity contribution in [3.63, 3.8) is 0 Å². The Labute approximate surface area is 179 Å². The summed E-state index contributed by atoms with van der Waals surface area (Å²) >= 11 is 8.06. The number of carbonyl (C=O) groups is 4. The Kier molecular flexibility index (Phi) is 4.34. The van der Waals surface area contributed by atoms with Gasteiger partial charge in [-0.25, -0.2) is 0 Å². The largest absolute Gasteiger partial charge is 0.380 e. The third-order valence-electron chi connectivity index (χ3n) is 5.23. The van der Waals surface area contributed by atoms with Crippen molar-refractivity contribution in [3.05, 3.63) is 63.5 Å². The van der Waals surface area contributed by atoms with Crippen LogP contribution in [0.25, 0.3) is 10.1 Å². The van der Waals surface area contributed by atoms with E-state index in [1.165, 1.54) is 0 Å². The van der Waals surface area contributed by atoms with Crippen molar-refractivity contribution in [2.24, 2.45) is 0 Å². The van der Waals surface area contributed by atoms with Crippen LogP contribution < -0.4 is 10.6 Å². The number of nitrogens with one attached hydrogen (secondary N) is 2. The molecule has 2 aromatic carbocycles. The van der Waals surface area contributed by atoms with Crippen molar-refractivity contribution < 1.29 is 19.2 Å². The number of halogens is 1. The summed E-state index contributed by atoms with van der Waals surface area (Å²) in [6, 6.07) is 11.6. The molecule has 7 nitrogen and oxygen atoms in total. The van der Waals surface area contributed by atoms with Gasteiger partial charge in [0.2, 0.25) is 11.8 Å². The Morgan fingerprint density at radius 2 is 1.83 bits per heavy atom. The fourth-order valence-corrected chi connectivity index (χ4v) is 5.20. The second-order valence-electron chi connectivity index (χ2n) is 7.06. The van der Waals surface area contributed by atoms with Gasteiger partial charge in [-0.05, 0) is 24.3 Å². The number of imide groups is 2. The molecule has 1 atom stereocenters. The van der Waals surface area contributed by atoms with Crippen molar-refractivity contribution in [2.75, 3.05) is 5.32 Å². The number of hydrogen-bond donors (Lipinski definition) is 2. The summed E-state index contributed by atoms with van der Waals surface area (Å²) in [4.78, 5) is 50.7. The van der Waals surface area contributed by atoms with Gasteiger partial charge in [-0.2, -0.15) is 0 Å². The monoisotopic (exact) mass is 439 g/mol. The molecule has 2 aliphatic rings. The predicted octanol–water partition coefficient (Wildman–Crippen LogP) is 3.18. The maximum Gasteiger partial charge on any atom is 0.262 e. The molecule has 0 bridgehead atoms. The molecule has 3 heterocycles. The van der Waals surface area contributed by atoms with Gasteiger partial charge in [-0.15, -0.1) is 11.3 Å². The summed E-state index contributed by atoms with van der Waals surface area (Å²) in [5.74, 6) is -2.27. The number of thiophene rings is 1. The molecule has 1 saturated heterocycles. The molecule has 2 N–H and O–H groups in total. The van der Waals surface area contributed by atoms with Crippen molar-refractivity contribution >= 4 is 62.3 Å². The Morgan fingerprint density at radius 1 is 1.07 bits per heavy atom. The van der Waals surface area contributed by atoms with E-state index in [0.29, 0.717) is 17.3 Å². The van der Waals surface area contributed by atoms with E-state index in [2.05, 4.69) is 10.6 Å². The molecule has 0 radical (unpaired) electrons. The molecule has 5 rings (SSSR count). The van der Waals surface area contributed by atoms with E-state index >= 15 is 0 Å². The van der Waals surface area contributed by atoms with E-state index in [9.17, 15) is 19.2 Å². The van der Waals surface area contributed by atoms with Gasteiger partial charge in [0.15, 0.2) is 0 Å². The standard InChI is InChI=1S/C21H14ClN3O4S/c22-18-12-3-1-2-4-15(12)30-16(18)9-23-10-5-6-11-13(7-10)21(29)25(20(11)28)14-8-17(26)24-19(14)27/h1-7,14,23H,8-9H2,(H,24,26,27). The molecule has 0 saturated carbocycles. The molecule has 0 spiro atoms. The molecule has 1 aromatic heterocycles. The number of fused-ring (bicyclic) bond motifs is 2. The molecule has 30 heavy (non-hydrogen) atoms. The Bertz CT molecular complexity index is 1270. The molecule has 1 fully saturated rings. The fraction of sp³-hybridized carbons (Fsp3) is 0.143. The van der Waals surface area contributed by atoms with Crippen LogP contribution in [0.15, 0.2) is 42.5 Å². The van der Waals surface area contributed by atoms with Gasteiger partial charge in [0.05, 0.1) is 29.1 Å². The summed E-state index contributed by atoms with van der Waals surface area (Å²) in [6.07, 6.45) is -0.208. The lowest BCUT2D eigenvalue weighted by atomic mass is 10.1. The number of nitrogens with zero attached hydrogens (tertiary/aromatic N) is 1. The molecular formula is C21H14ClN3O4S. The Balaban J connectivity index is 1.38. The third kappa shape index (κ3) is 2.88. The molecule has 9 heteroatoms. The first-order chi connectivity index (χ1) is 14.4. The fourth-order valence-electron chi connectivity index (χ4n) is 3.76. The van der Waals surface area contributed by atoms with Crippen molar-refractivity contribution in [1.82, 2.24) is 10.2 Å². The zero-order valence-electron chi connectivity index (χ0n) is 15.4. The summed E-state index contributed by atoms with van der Waals surface area (Å²) < 4.78 is 1.09. The van der Waals surface area contributed by atoms with Crippen LogP contribution in [0.3, 0.4) is 0 Å². The van der Waals surface area contributed by atoms with Crippen LogP contribution in [-0.4, -0.2) is 34.6 Å². The van der Waals surface area contributed by atoms with E-state index in [0.717, 1.165) is 19.9 Å². The first-order valence-electron chi connectivity index (χ1n) is 9.19. The molecule has 1 unspecified atom stereocenters. The van der Waals surface area contributed by atoms with Crippen molar-refractivity contribution in [3.8, 4) is 0 Å². The lowest BCUT2D eigenvalue weighted by molar-refractivity contribution is -0.125. The van der Waals surface area contributed by atoms with Gasteiger partial charge in [0, 0.05) is 20.7 Å². The lowest BCUT2D eigenvalue weighted by Crippen LogP contribution is -2.44. The highest BCUT2D eigenvalue weighted by Crippen LogP contribution is 2.36. The summed E-state index contributed by atoms with van der Waals surface area (Å²) in [6.45, 7) is 0.461. The number of anilines is 1. The Hall–Kier alpha value is -3.23. The first kappa shape index (κ1) is 18.8. The highest BCUT2D eigenvalue weighted by Gasteiger charge is 2.46. The van der Waals surface area contributed by atoms with E-state index < -0.39 is 29.7 Å². The number of amides is 4. The highest BCUT2D eigenvalue weighted by atomic mass is 35.5. The van der Waals surface area contributed by atoms with E-state index in [-0.39, 0.29) is 17.5 Å². The third-order valence-corrected chi connectivity index (χ3v) is 6.94. The van der Waals surface area contributed by atoms with E-state index in [1.54, 1.807) is 29.5 Å². The normalized spacial score (nSPS) is 18.3. The van der Waals surface area contributed by atoms with Crippen LogP contribution in [0, 0.1) is 0 Å². The first-order valence-corrected chi connectivity index (χ1v) is 10.4. The Morgan fingerprint density at radius 3 is 2.57 bits per heavy atom. The zero-order chi connectivity index (χ0) is 21.0. The number of hydrogen-bond acceptors (Lipinski definition) is 6. The van der Waals surface area contributed by atoms with Gasteiger partial charge in [-0.3, -0.25) is 29.4 Å². The SMILES string of the molecule is O=C1CC(N2C(=O)c3ccc(NCc4sc5ccccc5c4Cl)cc3C2=O)C(=O)N1. The van der Waals surface area contributed by atoms with E-state index in [1.807, 2.05) is 24.3 Å². The molecule has 0 aliphatic carbocycles. The van der Waals surface area contributed by atoms with Crippen LogP contribution in [-0.2, 0) is 16.1 Å². The summed E-state index contributed by atoms with van der Waals surface area (Å²) in [5.41, 5.74) is 1.08. The topological polar surface area (TPSA) is 95.6 Å². The quantitative estimate of drug-likeness (QED) is 0.609. The minimum atomic E-state index is -1.10. The van der Waals surface area contributed by atoms with Crippen LogP contribution in [0.1, 0.15) is 32.0 Å². The molecule has 150 valence electrons. The number of carbonyl (C=O) groups excluding carboxylic acids is 4. The van der Waals surface area contributed by atoms with Gasteiger partial charge in [-0.1, -0.05) is 29.8 Å². The lowest BCUT2D eigenvalue weighted by Gasteiger charge is -2.18. The summed E-state index contributed by atoms with van der Waals surface area (Å²) in [7, 11) is 0. The maximum absolute atomic E-state index is 12.8. The van der Waals surface area contributed by atoms with Gasteiger partial charge in [0.25, 0.3) is 11.8 Å². The summed E-state index contributed by atoms with van der Waals surface area (Å²) in [5, 5.41) is 7.06. The predicted molar refractivity (Wildman–Crippen MR) is 113 cm³/mol. The van der Waals surface area contributed by atoms with Crippen LogP contribution in [0.4, 0.5) is 5.69 Å². The smallest absolute Gasteiger partial charge is 0.262 e. The van der Waals surface area contributed by atoms with Crippen LogP contribution in [0.2, 0.25) is 5.02 Å². The van der Waals surface area contributed by atoms with Crippen molar-refractivity contribution in [2.45, 2.75) is 19.0 Å². The van der Waals surface area contributed by atoms with Crippen LogP contribution >= 0.6 is 22.9 Å². The van der Waals surface area contributed by atoms with Gasteiger partial charge < -0.3 is 5.32 Å². The zero-order valence-corrected chi connectivity index (χ0v) is 17.0. The molecule has 4 amide bonds. The van der Waals surface area contributed by atoms with Crippen LogP contribution in [0.5, 0.6) is 0 Å². The molecule has 3 aromatic rings. The van der Waals surface area contributed by atoms with Gasteiger partial charge in [0.1, 0.15) is 6.04 Å². The maximum atomic E-state index is 12.8. The second-order valence-corrected chi connectivity index (χ2v) is 8.58. The minimum Gasteiger partial charge on any atom is -0.380 e. The molecule has 2 aliphatic heterocycles. The average molecular weight is 440 g/mol. The second kappa shape index (κ2) is 6.93. The highest BCUT2D eigenvalue weighted by molar-refractivity contribution is 7.19. The van der Waals surface area contributed by atoms with E-state index in [4.69, 9.17) is 11.6 Å². The van der Waals surface area contributed by atoms with Crippen molar-refractivity contribution in [1.29, 1.82) is 0 Å². The number of rotatable bonds is 4.